The van der Waals surface area contributed by atoms with E-state index in [1.807, 2.05) is 19.1 Å². The molecule has 0 unspecified atom stereocenters. The van der Waals surface area contributed by atoms with Gasteiger partial charge in [-0.25, -0.2) is 4.79 Å². The number of rotatable bonds is 1. The van der Waals surface area contributed by atoms with Crippen molar-refractivity contribution >= 4 is 23.3 Å². The molecule has 0 bridgehead atoms. The molecule has 1 fully saturated rings. The molecule has 2 rings (SSSR count). The van der Waals surface area contributed by atoms with E-state index in [0.717, 1.165) is 5.56 Å². The van der Waals surface area contributed by atoms with Crippen LogP contribution in [-0.4, -0.2) is 35.2 Å². The molecule has 0 aliphatic carbocycles. The molecule has 2 N–H and O–H groups in total. The number of hydrogen-bond donors (Lipinski definition) is 2. The minimum Gasteiger partial charge on any atom is -0.391 e. The van der Waals surface area contributed by atoms with Gasteiger partial charge in [0.15, 0.2) is 0 Å². The normalized spacial score (nSPS) is 19.5. The number of amides is 2. The predicted octanol–water partition coefficient (Wildman–Crippen LogP) is 2.25. The van der Waals surface area contributed by atoms with Gasteiger partial charge in [-0.15, -0.1) is 0 Å². The van der Waals surface area contributed by atoms with E-state index in [-0.39, 0.29) is 6.03 Å². The maximum atomic E-state index is 11.9. The lowest BCUT2D eigenvalue weighted by Crippen LogP contribution is -2.33. The number of nitrogens with one attached hydrogen (secondary N) is 1. The number of urea groups is 1. The van der Waals surface area contributed by atoms with Gasteiger partial charge in [-0.3, -0.25) is 0 Å². The van der Waals surface area contributed by atoms with Crippen molar-refractivity contribution < 1.29 is 9.90 Å². The number of carbonyl (C=O) groups excluding carboxylic acids is 1. The van der Waals surface area contributed by atoms with Crippen LogP contribution < -0.4 is 5.32 Å². The Bertz CT molecular complexity index is 437. The fraction of sp³-hybridized carbons (Fsp3) is 0.417. The molecule has 1 aliphatic heterocycles. The fourth-order valence-electron chi connectivity index (χ4n) is 1.86. The zero-order valence-electron chi connectivity index (χ0n) is 9.61. The molecular weight excluding hydrogens is 240 g/mol. The summed E-state index contributed by atoms with van der Waals surface area (Å²) in [6.07, 6.45) is 0.225. The van der Waals surface area contributed by atoms with E-state index < -0.39 is 6.10 Å². The fourth-order valence-corrected chi connectivity index (χ4v) is 2.04. The number of hydrogen-bond acceptors (Lipinski definition) is 2. The zero-order valence-corrected chi connectivity index (χ0v) is 10.4. The summed E-state index contributed by atoms with van der Waals surface area (Å²) in [5, 5.41) is 12.7. The Labute approximate surface area is 105 Å². The number of halogens is 1. The molecule has 5 heteroatoms. The smallest absolute Gasteiger partial charge is 0.321 e. The van der Waals surface area contributed by atoms with Crippen LogP contribution in [0, 0.1) is 6.92 Å². The summed E-state index contributed by atoms with van der Waals surface area (Å²) in [6, 6.07) is 5.28. The van der Waals surface area contributed by atoms with Crippen molar-refractivity contribution in [3.63, 3.8) is 0 Å². The van der Waals surface area contributed by atoms with Crippen molar-refractivity contribution in [1.29, 1.82) is 0 Å². The molecule has 1 heterocycles. The minimum absolute atomic E-state index is 0.214. The Hall–Kier alpha value is -1.26. The highest BCUT2D eigenvalue weighted by molar-refractivity contribution is 6.34. The van der Waals surface area contributed by atoms with Crippen LogP contribution in [0.25, 0.3) is 0 Å². The van der Waals surface area contributed by atoms with E-state index in [4.69, 9.17) is 11.6 Å². The van der Waals surface area contributed by atoms with Gasteiger partial charge in [-0.2, -0.15) is 0 Å². The Morgan fingerprint density at radius 1 is 1.59 bits per heavy atom. The number of aliphatic hydroxyl groups is 1. The number of aryl methyl sites for hydroxylation is 1. The van der Waals surface area contributed by atoms with Gasteiger partial charge < -0.3 is 15.3 Å². The lowest BCUT2D eigenvalue weighted by atomic mass is 10.2. The second-order valence-corrected chi connectivity index (χ2v) is 4.63. The van der Waals surface area contributed by atoms with Crippen LogP contribution in [0.3, 0.4) is 0 Å². The van der Waals surface area contributed by atoms with E-state index >= 15 is 0 Å². The molecule has 1 aromatic rings. The molecule has 2 amide bonds. The highest BCUT2D eigenvalue weighted by Crippen LogP contribution is 2.25. The lowest BCUT2D eigenvalue weighted by Gasteiger charge is -2.17. The average molecular weight is 255 g/mol. The molecule has 1 saturated heterocycles. The monoisotopic (exact) mass is 254 g/mol. The van der Waals surface area contributed by atoms with Crippen molar-refractivity contribution in [3.05, 3.63) is 28.8 Å². The third kappa shape index (κ3) is 2.70. The number of β-amino-alcohol motifs (C(OH)–C–C–N with tert-alkyl or cyclic N) is 1. The van der Waals surface area contributed by atoms with Crippen molar-refractivity contribution in [3.8, 4) is 0 Å². The first-order valence-corrected chi connectivity index (χ1v) is 5.95. The van der Waals surface area contributed by atoms with Crippen molar-refractivity contribution in [1.82, 2.24) is 4.90 Å². The molecule has 0 radical (unpaired) electrons. The molecule has 0 aromatic heterocycles. The Kier molecular flexibility index (Phi) is 3.54. The average Bonchev–Trinajstić information content (AvgIpc) is 2.72. The maximum absolute atomic E-state index is 11.9. The molecular formula is C12H15ClN2O2. The second-order valence-electron chi connectivity index (χ2n) is 4.26. The molecule has 0 saturated carbocycles. The lowest BCUT2D eigenvalue weighted by molar-refractivity contribution is 0.176. The Morgan fingerprint density at radius 3 is 3.00 bits per heavy atom. The highest BCUT2D eigenvalue weighted by atomic mass is 35.5. The molecule has 17 heavy (non-hydrogen) atoms. The van der Waals surface area contributed by atoms with Crippen molar-refractivity contribution in [2.75, 3.05) is 18.4 Å². The maximum Gasteiger partial charge on any atom is 0.321 e. The second kappa shape index (κ2) is 4.94. The summed E-state index contributed by atoms with van der Waals surface area (Å²) in [6.45, 7) is 2.85. The van der Waals surface area contributed by atoms with Gasteiger partial charge in [-0.1, -0.05) is 23.7 Å². The molecule has 92 valence electrons. The van der Waals surface area contributed by atoms with E-state index in [9.17, 15) is 9.90 Å². The van der Waals surface area contributed by atoms with E-state index in [0.29, 0.717) is 30.2 Å². The van der Waals surface area contributed by atoms with Crippen LogP contribution in [0.5, 0.6) is 0 Å². The van der Waals surface area contributed by atoms with Crippen LogP contribution in [0.4, 0.5) is 10.5 Å². The van der Waals surface area contributed by atoms with Crippen LogP contribution in [0.15, 0.2) is 18.2 Å². The van der Waals surface area contributed by atoms with Crippen molar-refractivity contribution in [2.45, 2.75) is 19.4 Å². The summed E-state index contributed by atoms with van der Waals surface area (Å²) in [5.74, 6) is 0. The number of benzene rings is 1. The van der Waals surface area contributed by atoms with Gasteiger partial charge >= 0.3 is 6.03 Å². The first-order chi connectivity index (χ1) is 8.08. The minimum atomic E-state index is -0.409. The zero-order chi connectivity index (χ0) is 12.4. The molecule has 4 nitrogen and oxygen atoms in total. The van der Waals surface area contributed by atoms with Crippen LogP contribution in [0.2, 0.25) is 5.02 Å². The van der Waals surface area contributed by atoms with Gasteiger partial charge in [0.25, 0.3) is 0 Å². The van der Waals surface area contributed by atoms with Gasteiger partial charge in [0.1, 0.15) is 0 Å². The summed E-state index contributed by atoms with van der Waals surface area (Å²) in [5.41, 5.74) is 1.53. The number of carbonyl (C=O) groups is 1. The van der Waals surface area contributed by atoms with Gasteiger partial charge in [0.05, 0.1) is 16.8 Å². The SMILES string of the molecule is Cc1cccc(NC(=O)N2CC[C@H](O)C2)c1Cl. The number of anilines is 1. The van der Waals surface area contributed by atoms with Crippen molar-refractivity contribution in [2.24, 2.45) is 0 Å². The number of nitrogens with zero attached hydrogens (tertiary/aromatic N) is 1. The van der Waals surface area contributed by atoms with Crippen LogP contribution >= 0.6 is 11.6 Å². The molecule has 1 aromatic carbocycles. The third-order valence-electron chi connectivity index (χ3n) is 2.88. The Balaban J connectivity index is 2.06. The molecule has 0 spiro atoms. The third-order valence-corrected chi connectivity index (χ3v) is 3.39. The standard InChI is InChI=1S/C12H15ClN2O2/c1-8-3-2-4-10(11(8)13)14-12(17)15-6-5-9(16)7-15/h2-4,9,16H,5-7H2,1H3,(H,14,17)/t9-/m0/s1. The summed E-state index contributed by atoms with van der Waals surface area (Å²) < 4.78 is 0. The van der Waals surface area contributed by atoms with Gasteiger partial charge in [-0.05, 0) is 25.0 Å². The summed E-state index contributed by atoms with van der Waals surface area (Å²) in [4.78, 5) is 13.5. The predicted molar refractivity (Wildman–Crippen MR) is 67.4 cm³/mol. The summed E-state index contributed by atoms with van der Waals surface area (Å²) >= 11 is 6.09. The topological polar surface area (TPSA) is 52.6 Å². The summed E-state index contributed by atoms with van der Waals surface area (Å²) in [7, 11) is 0. The first kappa shape index (κ1) is 12.2. The quantitative estimate of drug-likeness (QED) is 0.808. The number of aliphatic hydroxyl groups excluding tert-OH is 1. The van der Waals surface area contributed by atoms with Gasteiger partial charge in [0, 0.05) is 13.1 Å². The van der Waals surface area contributed by atoms with Gasteiger partial charge in [0.2, 0.25) is 0 Å². The highest BCUT2D eigenvalue weighted by Gasteiger charge is 2.24. The largest absolute Gasteiger partial charge is 0.391 e. The molecule has 1 atom stereocenters. The van der Waals surface area contributed by atoms with E-state index in [1.54, 1.807) is 11.0 Å². The Morgan fingerprint density at radius 2 is 2.35 bits per heavy atom. The first-order valence-electron chi connectivity index (χ1n) is 5.57. The molecule has 1 aliphatic rings. The van der Waals surface area contributed by atoms with Crippen LogP contribution in [-0.2, 0) is 0 Å². The van der Waals surface area contributed by atoms with E-state index in [1.165, 1.54) is 0 Å². The van der Waals surface area contributed by atoms with E-state index in [2.05, 4.69) is 5.32 Å². The number of likely N-dealkylation sites (tertiary alicyclic amines) is 1. The van der Waals surface area contributed by atoms with Crippen LogP contribution in [0.1, 0.15) is 12.0 Å².